The second-order valence-electron chi connectivity index (χ2n) is 6.75. The predicted molar refractivity (Wildman–Crippen MR) is 101 cm³/mol. The van der Waals surface area contributed by atoms with Crippen molar-refractivity contribution < 1.29 is 43.4 Å². The van der Waals surface area contributed by atoms with Crippen molar-refractivity contribution in [2.75, 3.05) is 26.4 Å². The molecule has 3 atom stereocenters. The molecule has 3 N–H and O–H groups in total. The van der Waals surface area contributed by atoms with Crippen LogP contribution in [0.1, 0.15) is 71.1 Å². The molecule has 0 amide bonds. The van der Waals surface area contributed by atoms with E-state index >= 15 is 0 Å². The van der Waals surface area contributed by atoms with Gasteiger partial charge in [0.2, 0.25) is 0 Å². The Hall–Kier alpha value is -0.540. The molecule has 0 radical (unpaired) electrons. The van der Waals surface area contributed by atoms with E-state index in [4.69, 9.17) is 14.9 Å². The SMILES string of the molecule is CCCCCCCCCCCC(=O)O[C@H](CO)COP(=O)([O-])OC[C@@H](O)CO. The van der Waals surface area contributed by atoms with Gasteiger partial charge in [-0.3, -0.25) is 9.36 Å². The average molecular weight is 427 g/mol. The summed E-state index contributed by atoms with van der Waals surface area (Å²) in [5.41, 5.74) is 0. The highest BCUT2D eigenvalue weighted by atomic mass is 31.2. The summed E-state index contributed by atoms with van der Waals surface area (Å²) >= 11 is 0. The fraction of sp³-hybridized carbons (Fsp3) is 0.944. The molecule has 0 aliphatic carbocycles. The van der Waals surface area contributed by atoms with Crippen LogP contribution >= 0.6 is 7.82 Å². The summed E-state index contributed by atoms with van der Waals surface area (Å²) in [6.45, 7) is -0.307. The summed E-state index contributed by atoms with van der Waals surface area (Å²) in [5, 5.41) is 26.8. The predicted octanol–water partition coefficient (Wildman–Crippen LogP) is 1.67. The van der Waals surface area contributed by atoms with Gasteiger partial charge in [-0.25, -0.2) is 0 Å². The molecule has 28 heavy (non-hydrogen) atoms. The molecule has 0 saturated heterocycles. The smallest absolute Gasteiger partial charge is 0.306 e. The fourth-order valence-corrected chi connectivity index (χ4v) is 3.17. The molecule has 0 aliphatic heterocycles. The number of phosphoric ester groups is 1. The molecule has 0 aromatic rings. The molecule has 0 heterocycles. The van der Waals surface area contributed by atoms with Gasteiger partial charge in [-0.1, -0.05) is 58.3 Å². The highest BCUT2D eigenvalue weighted by Gasteiger charge is 2.19. The molecule has 0 rings (SSSR count). The van der Waals surface area contributed by atoms with Gasteiger partial charge >= 0.3 is 5.97 Å². The molecule has 0 saturated carbocycles. The van der Waals surface area contributed by atoms with Crippen LogP contribution in [-0.2, 0) is 23.1 Å². The zero-order chi connectivity index (χ0) is 21.3. The minimum Gasteiger partial charge on any atom is -0.756 e. The normalized spacial score (nSPS) is 15.8. The van der Waals surface area contributed by atoms with Crippen molar-refractivity contribution >= 4 is 13.8 Å². The number of carbonyl (C=O) groups is 1. The largest absolute Gasteiger partial charge is 0.756 e. The van der Waals surface area contributed by atoms with Gasteiger partial charge in [0.15, 0.2) is 0 Å². The summed E-state index contributed by atoms with van der Waals surface area (Å²) in [5.74, 6) is -0.525. The van der Waals surface area contributed by atoms with Crippen LogP contribution in [0.4, 0.5) is 0 Å². The molecular formula is C18H36O9P-. The van der Waals surface area contributed by atoms with Crippen molar-refractivity contribution in [2.45, 2.75) is 83.3 Å². The number of phosphoric acid groups is 1. The summed E-state index contributed by atoms with van der Waals surface area (Å²) in [7, 11) is -4.74. The molecule has 0 bridgehead atoms. The number of aliphatic hydroxyl groups is 3. The highest BCUT2D eigenvalue weighted by Crippen LogP contribution is 2.38. The Labute approximate surface area is 167 Å². The lowest BCUT2D eigenvalue weighted by Crippen LogP contribution is -2.28. The number of hydrogen-bond acceptors (Lipinski definition) is 9. The van der Waals surface area contributed by atoms with Crippen LogP contribution in [0.5, 0.6) is 0 Å². The monoisotopic (exact) mass is 427 g/mol. The van der Waals surface area contributed by atoms with Crippen molar-refractivity contribution in [1.29, 1.82) is 0 Å². The summed E-state index contributed by atoms with van der Waals surface area (Å²) in [6.07, 6.45) is 7.76. The number of esters is 1. The number of hydrogen-bond donors (Lipinski definition) is 3. The van der Waals surface area contributed by atoms with Crippen LogP contribution in [0.25, 0.3) is 0 Å². The van der Waals surface area contributed by atoms with Crippen molar-refractivity contribution in [3.63, 3.8) is 0 Å². The quantitative estimate of drug-likeness (QED) is 0.159. The second-order valence-corrected chi connectivity index (χ2v) is 8.16. The molecule has 0 aliphatic rings. The lowest BCUT2D eigenvalue weighted by atomic mass is 10.1. The summed E-state index contributed by atoms with van der Waals surface area (Å²) in [6, 6.07) is 0. The number of carbonyl (C=O) groups excluding carboxylic acids is 1. The number of rotatable bonds is 19. The van der Waals surface area contributed by atoms with E-state index in [2.05, 4.69) is 16.0 Å². The van der Waals surface area contributed by atoms with E-state index in [1.54, 1.807) is 0 Å². The first-order valence-electron chi connectivity index (χ1n) is 10.0. The second kappa shape index (κ2) is 17.3. The molecule has 168 valence electrons. The molecule has 0 fully saturated rings. The van der Waals surface area contributed by atoms with Gasteiger partial charge in [0.05, 0.1) is 26.4 Å². The van der Waals surface area contributed by atoms with Crippen LogP contribution in [-0.4, -0.2) is 59.9 Å². The Morgan fingerprint density at radius 2 is 1.46 bits per heavy atom. The minimum absolute atomic E-state index is 0.195. The van der Waals surface area contributed by atoms with E-state index in [0.717, 1.165) is 19.3 Å². The van der Waals surface area contributed by atoms with Crippen LogP contribution in [0.3, 0.4) is 0 Å². The lowest BCUT2D eigenvalue weighted by molar-refractivity contribution is -0.230. The summed E-state index contributed by atoms with van der Waals surface area (Å²) in [4.78, 5) is 23.3. The molecule has 0 aromatic heterocycles. The molecule has 0 aromatic carbocycles. The van der Waals surface area contributed by atoms with Crippen molar-refractivity contribution in [2.24, 2.45) is 0 Å². The number of aliphatic hydroxyl groups excluding tert-OH is 3. The first kappa shape index (κ1) is 27.5. The zero-order valence-corrected chi connectivity index (χ0v) is 17.7. The Morgan fingerprint density at radius 3 is 2.00 bits per heavy atom. The Bertz CT molecular complexity index is 433. The molecule has 10 heteroatoms. The Kier molecular flexibility index (Phi) is 17.0. The molecule has 9 nitrogen and oxygen atoms in total. The maximum atomic E-state index is 11.8. The number of ether oxygens (including phenoxy) is 1. The summed E-state index contributed by atoms with van der Waals surface area (Å²) < 4.78 is 25.4. The fourth-order valence-electron chi connectivity index (χ4n) is 2.39. The van der Waals surface area contributed by atoms with Gasteiger partial charge in [-0.15, -0.1) is 0 Å². The minimum atomic E-state index is -4.74. The van der Waals surface area contributed by atoms with Crippen LogP contribution in [0.15, 0.2) is 0 Å². The average Bonchev–Trinajstić information content (AvgIpc) is 2.68. The van der Waals surface area contributed by atoms with Gasteiger partial charge in [-0.2, -0.15) is 0 Å². The molecular weight excluding hydrogens is 391 g/mol. The molecule has 1 unspecified atom stereocenters. The maximum Gasteiger partial charge on any atom is 0.306 e. The number of unbranched alkanes of at least 4 members (excludes halogenated alkanes) is 8. The zero-order valence-electron chi connectivity index (χ0n) is 16.8. The van der Waals surface area contributed by atoms with Gasteiger partial charge < -0.3 is 34.0 Å². The van der Waals surface area contributed by atoms with E-state index in [9.17, 15) is 19.4 Å². The highest BCUT2D eigenvalue weighted by molar-refractivity contribution is 7.45. The lowest BCUT2D eigenvalue weighted by Gasteiger charge is -2.25. The standard InChI is InChI=1S/C18H37O9P/c1-2-3-4-5-6-7-8-9-10-11-18(22)27-17(13-20)15-26-28(23,24)25-14-16(21)12-19/h16-17,19-21H,2-15H2,1H3,(H,23,24)/p-1/t16-,17+/m0/s1. The van der Waals surface area contributed by atoms with Crippen LogP contribution in [0.2, 0.25) is 0 Å². The van der Waals surface area contributed by atoms with E-state index in [1.807, 2.05) is 0 Å². The third kappa shape index (κ3) is 16.4. The first-order chi connectivity index (χ1) is 13.3. The van der Waals surface area contributed by atoms with Gasteiger partial charge in [-0.05, 0) is 6.42 Å². The van der Waals surface area contributed by atoms with Gasteiger partial charge in [0, 0.05) is 6.42 Å². The topological polar surface area (TPSA) is 146 Å². The van der Waals surface area contributed by atoms with Gasteiger partial charge in [0.25, 0.3) is 7.82 Å². The van der Waals surface area contributed by atoms with Crippen molar-refractivity contribution in [3.05, 3.63) is 0 Å². The van der Waals surface area contributed by atoms with Crippen molar-refractivity contribution in [3.8, 4) is 0 Å². The molecule has 0 spiro atoms. The van der Waals surface area contributed by atoms with E-state index in [1.165, 1.54) is 32.1 Å². The van der Waals surface area contributed by atoms with E-state index in [-0.39, 0.29) is 6.42 Å². The first-order valence-corrected chi connectivity index (χ1v) is 11.5. The van der Waals surface area contributed by atoms with E-state index in [0.29, 0.717) is 6.42 Å². The Morgan fingerprint density at radius 1 is 0.929 bits per heavy atom. The van der Waals surface area contributed by atoms with Crippen molar-refractivity contribution in [1.82, 2.24) is 0 Å². The van der Waals surface area contributed by atoms with E-state index < -0.39 is 52.4 Å². The maximum absolute atomic E-state index is 11.8. The third-order valence-corrected chi connectivity index (χ3v) is 4.97. The van der Waals surface area contributed by atoms with Gasteiger partial charge in [0.1, 0.15) is 12.2 Å². The van der Waals surface area contributed by atoms with Crippen LogP contribution < -0.4 is 4.89 Å². The Balaban J connectivity index is 3.86. The van der Waals surface area contributed by atoms with Crippen LogP contribution in [0, 0.1) is 0 Å². The third-order valence-electron chi connectivity index (χ3n) is 4.04.